The van der Waals surface area contributed by atoms with Crippen molar-refractivity contribution >= 4 is 11.5 Å². The molecular formula is C14H22N4. The van der Waals surface area contributed by atoms with Crippen molar-refractivity contribution in [3.8, 4) is 0 Å². The average Bonchev–Trinajstić information content (AvgIpc) is 3.01. The van der Waals surface area contributed by atoms with Crippen LogP contribution in [0.25, 0.3) is 0 Å². The lowest BCUT2D eigenvalue weighted by Crippen LogP contribution is -2.26. The Kier molecular flexibility index (Phi) is 3.37. The molecular weight excluding hydrogens is 224 g/mol. The summed E-state index contributed by atoms with van der Waals surface area (Å²) in [6, 6.07) is 5.19. The summed E-state index contributed by atoms with van der Waals surface area (Å²) < 4.78 is 0. The first-order valence-corrected chi connectivity index (χ1v) is 7.04. The number of nitrogens with one attached hydrogen (secondary N) is 1. The molecule has 1 unspecified atom stereocenters. The number of pyridine rings is 1. The van der Waals surface area contributed by atoms with Crippen LogP contribution in [-0.4, -0.2) is 30.2 Å². The van der Waals surface area contributed by atoms with Crippen LogP contribution in [0.15, 0.2) is 18.3 Å². The number of nitrogens with zero attached hydrogens (tertiary/aromatic N) is 2. The molecule has 2 fully saturated rings. The number of nitrogens with two attached hydrogens (primary N) is 1. The van der Waals surface area contributed by atoms with E-state index in [1.165, 1.54) is 31.4 Å². The second-order valence-electron chi connectivity index (χ2n) is 5.52. The molecule has 4 nitrogen and oxygen atoms in total. The maximum absolute atomic E-state index is 5.96. The Bertz CT molecular complexity index is 401. The molecule has 0 spiro atoms. The lowest BCUT2D eigenvalue weighted by molar-refractivity contribution is 0.749. The van der Waals surface area contributed by atoms with Crippen LogP contribution in [0.5, 0.6) is 0 Å². The van der Waals surface area contributed by atoms with Crippen molar-refractivity contribution in [1.82, 2.24) is 4.98 Å². The third-order valence-corrected chi connectivity index (χ3v) is 4.04. The monoisotopic (exact) mass is 246 g/mol. The SMILES string of the molecule is NC1CCN(c2ccnc(NC3CCCC3)c2)C1. The average molecular weight is 246 g/mol. The quantitative estimate of drug-likeness (QED) is 0.856. The van der Waals surface area contributed by atoms with Crippen LogP contribution >= 0.6 is 0 Å². The summed E-state index contributed by atoms with van der Waals surface area (Å²) >= 11 is 0. The van der Waals surface area contributed by atoms with Gasteiger partial charge in [-0.05, 0) is 25.3 Å². The Morgan fingerprint density at radius 2 is 2.11 bits per heavy atom. The fraction of sp³-hybridized carbons (Fsp3) is 0.643. The number of hydrogen-bond acceptors (Lipinski definition) is 4. The van der Waals surface area contributed by atoms with E-state index in [1.54, 1.807) is 0 Å². The summed E-state index contributed by atoms with van der Waals surface area (Å²) in [4.78, 5) is 6.78. The zero-order chi connectivity index (χ0) is 12.4. The molecule has 0 radical (unpaired) electrons. The maximum atomic E-state index is 5.96. The van der Waals surface area contributed by atoms with Crippen molar-refractivity contribution in [2.24, 2.45) is 5.73 Å². The van der Waals surface area contributed by atoms with Gasteiger partial charge in [-0.15, -0.1) is 0 Å². The molecule has 0 bridgehead atoms. The van der Waals surface area contributed by atoms with Crippen LogP contribution in [-0.2, 0) is 0 Å². The van der Waals surface area contributed by atoms with Gasteiger partial charge in [0.15, 0.2) is 0 Å². The van der Waals surface area contributed by atoms with Crippen LogP contribution < -0.4 is 16.0 Å². The molecule has 3 N–H and O–H groups in total. The highest BCUT2D eigenvalue weighted by molar-refractivity contribution is 5.55. The molecule has 18 heavy (non-hydrogen) atoms. The lowest BCUT2D eigenvalue weighted by Gasteiger charge is -2.19. The van der Waals surface area contributed by atoms with Crippen molar-refractivity contribution in [3.05, 3.63) is 18.3 Å². The molecule has 2 aliphatic rings. The molecule has 1 aromatic heterocycles. The van der Waals surface area contributed by atoms with Crippen molar-refractivity contribution < 1.29 is 0 Å². The van der Waals surface area contributed by atoms with Gasteiger partial charge in [-0.3, -0.25) is 0 Å². The van der Waals surface area contributed by atoms with Gasteiger partial charge >= 0.3 is 0 Å². The molecule has 1 saturated heterocycles. The highest BCUT2D eigenvalue weighted by Gasteiger charge is 2.20. The van der Waals surface area contributed by atoms with Crippen molar-refractivity contribution in [2.45, 2.75) is 44.2 Å². The van der Waals surface area contributed by atoms with Crippen molar-refractivity contribution in [2.75, 3.05) is 23.3 Å². The molecule has 2 heterocycles. The molecule has 0 aromatic carbocycles. The number of hydrogen-bond donors (Lipinski definition) is 2. The van der Waals surface area contributed by atoms with E-state index < -0.39 is 0 Å². The number of rotatable bonds is 3. The van der Waals surface area contributed by atoms with E-state index >= 15 is 0 Å². The van der Waals surface area contributed by atoms with E-state index in [4.69, 9.17) is 5.73 Å². The molecule has 98 valence electrons. The second kappa shape index (κ2) is 5.14. The highest BCUT2D eigenvalue weighted by atomic mass is 15.2. The van der Waals surface area contributed by atoms with Gasteiger partial charge in [0.2, 0.25) is 0 Å². The van der Waals surface area contributed by atoms with Crippen LogP contribution in [0.3, 0.4) is 0 Å². The van der Waals surface area contributed by atoms with Crippen molar-refractivity contribution in [1.29, 1.82) is 0 Å². The number of aromatic nitrogens is 1. The van der Waals surface area contributed by atoms with E-state index in [1.807, 2.05) is 6.20 Å². The van der Waals surface area contributed by atoms with Gasteiger partial charge in [-0.1, -0.05) is 12.8 Å². The summed E-state index contributed by atoms with van der Waals surface area (Å²) in [6.45, 7) is 2.03. The largest absolute Gasteiger partial charge is 0.370 e. The van der Waals surface area contributed by atoms with E-state index in [-0.39, 0.29) is 0 Å². The van der Waals surface area contributed by atoms with Crippen LogP contribution in [0.2, 0.25) is 0 Å². The Balaban J connectivity index is 1.68. The van der Waals surface area contributed by atoms with Crippen molar-refractivity contribution in [3.63, 3.8) is 0 Å². The summed E-state index contributed by atoms with van der Waals surface area (Å²) in [6.07, 6.45) is 8.24. The summed E-state index contributed by atoms with van der Waals surface area (Å²) in [5, 5.41) is 3.55. The van der Waals surface area contributed by atoms with Gasteiger partial charge < -0.3 is 16.0 Å². The molecule has 3 rings (SSSR count). The van der Waals surface area contributed by atoms with Gasteiger partial charge in [-0.2, -0.15) is 0 Å². The zero-order valence-corrected chi connectivity index (χ0v) is 10.8. The van der Waals surface area contributed by atoms with Gasteiger partial charge in [0.1, 0.15) is 5.82 Å². The van der Waals surface area contributed by atoms with E-state index in [9.17, 15) is 0 Å². The molecule has 0 amide bonds. The Morgan fingerprint density at radius 1 is 1.28 bits per heavy atom. The molecule has 1 aromatic rings. The number of anilines is 2. The van der Waals surface area contributed by atoms with Gasteiger partial charge in [-0.25, -0.2) is 4.98 Å². The highest BCUT2D eigenvalue weighted by Crippen LogP contribution is 2.25. The zero-order valence-electron chi connectivity index (χ0n) is 10.8. The predicted octanol–water partition coefficient (Wildman–Crippen LogP) is 1.97. The minimum atomic E-state index is 0.324. The molecule has 4 heteroatoms. The summed E-state index contributed by atoms with van der Waals surface area (Å²) in [5.74, 6) is 1.01. The maximum Gasteiger partial charge on any atom is 0.128 e. The Hall–Kier alpha value is -1.29. The van der Waals surface area contributed by atoms with Gasteiger partial charge in [0.05, 0.1) is 0 Å². The Morgan fingerprint density at radius 3 is 2.83 bits per heavy atom. The minimum Gasteiger partial charge on any atom is -0.370 e. The smallest absolute Gasteiger partial charge is 0.128 e. The predicted molar refractivity (Wildman–Crippen MR) is 74.9 cm³/mol. The van der Waals surface area contributed by atoms with Crippen LogP contribution in [0.4, 0.5) is 11.5 Å². The lowest BCUT2D eigenvalue weighted by atomic mass is 10.2. The molecule has 1 atom stereocenters. The molecule has 1 aliphatic carbocycles. The van der Waals surface area contributed by atoms with Crippen LogP contribution in [0.1, 0.15) is 32.1 Å². The van der Waals surface area contributed by atoms with E-state index in [0.717, 1.165) is 25.3 Å². The normalized spacial score (nSPS) is 24.7. The van der Waals surface area contributed by atoms with E-state index in [0.29, 0.717) is 12.1 Å². The first-order valence-electron chi connectivity index (χ1n) is 7.04. The summed E-state index contributed by atoms with van der Waals surface area (Å²) in [7, 11) is 0. The van der Waals surface area contributed by atoms with Gasteiger partial charge in [0, 0.05) is 43.1 Å². The van der Waals surface area contributed by atoms with Gasteiger partial charge in [0.25, 0.3) is 0 Å². The third kappa shape index (κ3) is 2.58. The summed E-state index contributed by atoms with van der Waals surface area (Å²) in [5.41, 5.74) is 7.21. The third-order valence-electron chi connectivity index (χ3n) is 4.04. The minimum absolute atomic E-state index is 0.324. The molecule has 1 aliphatic heterocycles. The first-order chi connectivity index (χ1) is 8.81. The Labute approximate surface area is 109 Å². The topological polar surface area (TPSA) is 54.2 Å². The molecule has 1 saturated carbocycles. The fourth-order valence-electron chi connectivity index (χ4n) is 3.00. The first kappa shape index (κ1) is 11.8. The second-order valence-corrected chi connectivity index (χ2v) is 5.52. The van der Waals surface area contributed by atoms with Crippen LogP contribution in [0, 0.1) is 0 Å². The fourth-order valence-corrected chi connectivity index (χ4v) is 3.00. The van der Waals surface area contributed by atoms with E-state index in [2.05, 4.69) is 27.3 Å². The standard InChI is InChI=1S/C14H22N4/c15-11-6-8-18(10-11)13-5-7-16-14(9-13)17-12-3-1-2-4-12/h5,7,9,11-12H,1-4,6,8,10,15H2,(H,16,17).